The van der Waals surface area contributed by atoms with Gasteiger partial charge in [-0.1, -0.05) is 11.6 Å². The van der Waals surface area contributed by atoms with Crippen LogP contribution in [0.1, 0.15) is 30.1 Å². The molecule has 1 aromatic rings. The standard InChI is InChI=1S/C18H23ClF3N3O2/c1-13-11-24(9-10-25(13)12-18(20,21)22)16(26)3-2-8-23-17(27)14-4-6-15(19)7-5-14/h4-7,13H,2-3,8-12H2,1H3,(H,23,27)/t13-/m0/s1. The quantitative estimate of drug-likeness (QED) is 0.740. The number of hydrogen-bond acceptors (Lipinski definition) is 3. The van der Waals surface area contributed by atoms with E-state index < -0.39 is 12.7 Å². The summed E-state index contributed by atoms with van der Waals surface area (Å²) in [4.78, 5) is 27.1. The third-order valence-electron chi connectivity index (χ3n) is 4.46. The van der Waals surface area contributed by atoms with Gasteiger partial charge in [-0.05, 0) is 37.6 Å². The molecule has 5 nitrogen and oxygen atoms in total. The molecule has 150 valence electrons. The van der Waals surface area contributed by atoms with Crippen LogP contribution in [0.5, 0.6) is 0 Å². The van der Waals surface area contributed by atoms with Crippen molar-refractivity contribution >= 4 is 23.4 Å². The Kier molecular flexibility index (Phi) is 7.49. The van der Waals surface area contributed by atoms with Gasteiger partial charge in [0.25, 0.3) is 5.91 Å². The zero-order chi connectivity index (χ0) is 20.0. The summed E-state index contributed by atoms with van der Waals surface area (Å²) < 4.78 is 37.6. The van der Waals surface area contributed by atoms with Gasteiger partial charge in [-0.2, -0.15) is 13.2 Å². The van der Waals surface area contributed by atoms with Crippen LogP contribution in [0.15, 0.2) is 24.3 Å². The molecular formula is C18H23ClF3N3O2. The van der Waals surface area contributed by atoms with Crippen LogP contribution in [0, 0.1) is 0 Å². The zero-order valence-electron chi connectivity index (χ0n) is 15.1. The number of benzene rings is 1. The van der Waals surface area contributed by atoms with E-state index in [9.17, 15) is 22.8 Å². The van der Waals surface area contributed by atoms with E-state index >= 15 is 0 Å². The number of hydrogen-bond donors (Lipinski definition) is 1. The molecule has 1 aromatic carbocycles. The average molecular weight is 406 g/mol. The van der Waals surface area contributed by atoms with Crippen molar-refractivity contribution in [1.29, 1.82) is 0 Å². The summed E-state index contributed by atoms with van der Waals surface area (Å²) >= 11 is 5.77. The summed E-state index contributed by atoms with van der Waals surface area (Å²) in [5, 5.41) is 3.28. The first-order valence-electron chi connectivity index (χ1n) is 8.78. The van der Waals surface area contributed by atoms with Crippen LogP contribution in [-0.2, 0) is 4.79 Å². The molecule has 1 atom stereocenters. The fourth-order valence-electron chi connectivity index (χ4n) is 2.99. The third kappa shape index (κ3) is 7.03. The fraction of sp³-hybridized carbons (Fsp3) is 0.556. The van der Waals surface area contributed by atoms with Gasteiger partial charge in [0, 0.05) is 49.2 Å². The van der Waals surface area contributed by atoms with E-state index in [0.29, 0.717) is 23.6 Å². The van der Waals surface area contributed by atoms with Crippen molar-refractivity contribution in [2.45, 2.75) is 32.0 Å². The van der Waals surface area contributed by atoms with Crippen molar-refractivity contribution in [2.75, 3.05) is 32.7 Å². The molecule has 0 aromatic heterocycles. The van der Waals surface area contributed by atoms with Crippen LogP contribution in [0.2, 0.25) is 5.02 Å². The van der Waals surface area contributed by atoms with Gasteiger partial charge < -0.3 is 10.2 Å². The Hall–Kier alpha value is -1.80. The first-order chi connectivity index (χ1) is 12.7. The van der Waals surface area contributed by atoms with Crippen molar-refractivity contribution in [2.24, 2.45) is 0 Å². The van der Waals surface area contributed by atoms with Crippen molar-refractivity contribution in [3.05, 3.63) is 34.9 Å². The molecule has 27 heavy (non-hydrogen) atoms. The summed E-state index contributed by atoms with van der Waals surface area (Å²) in [6.45, 7) is 1.86. The van der Waals surface area contributed by atoms with E-state index in [4.69, 9.17) is 11.6 Å². The Balaban J connectivity index is 1.69. The Bertz CT molecular complexity index is 652. The lowest BCUT2D eigenvalue weighted by atomic mass is 10.1. The second kappa shape index (κ2) is 9.41. The van der Waals surface area contributed by atoms with Crippen molar-refractivity contribution in [3.8, 4) is 0 Å². The zero-order valence-corrected chi connectivity index (χ0v) is 15.8. The van der Waals surface area contributed by atoms with Crippen LogP contribution in [-0.4, -0.2) is 66.6 Å². The van der Waals surface area contributed by atoms with Gasteiger partial charge in [0.1, 0.15) is 0 Å². The molecule has 1 aliphatic rings. The Morgan fingerprint density at radius 1 is 1.22 bits per heavy atom. The number of halogens is 4. The summed E-state index contributed by atoms with van der Waals surface area (Å²) in [6, 6.07) is 6.14. The number of rotatable bonds is 6. The molecular weight excluding hydrogens is 383 g/mol. The Morgan fingerprint density at radius 3 is 2.48 bits per heavy atom. The van der Waals surface area contributed by atoms with Crippen molar-refractivity contribution in [3.63, 3.8) is 0 Å². The smallest absolute Gasteiger partial charge is 0.352 e. The van der Waals surface area contributed by atoms with E-state index in [1.54, 1.807) is 36.1 Å². The van der Waals surface area contributed by atoms with E-state index in [2.05, 4.69) is 5.32 Å². The number of alkyl halides is 3. The lowest BCUT2D eigenvalue weighted by Gasteiger charge is -2.40. The molecule has 0 saturated carbocycles. The van der Waals surface area contributed by atoms with Crippen molar-refractivity contribution in [1.82, 2.24) is 15.1 Å². The van der Waals surface area contributed by atoms with Gasteiger partial charge in [0.15, 0.2) is 0 Å². The number of nitrogens with one attached hydrogen (secondary N) is 1. The van der Waals surface area contributed by atoms with E-state index in [-0.39, 0.29) is 43.9 Å². The fourth-order valence-corrected chi connectivity index (χ4v) is 3.12. The van der Waals surface area contributed by atoms with Crippen LogP contribution < -0.4 is 5.32 Å². The lowest BCUT2D eigenvalue weighted by Crippen LogP contribution is -2.55. The maximum absolute atomic E-state index is 12.5. The molecule has 0 bridgehead atoms. The highest BCUT2D eigenvalue weighted by molar-refractivity contribution is 6.30. The molecule has 0 unspecified atom stereocenters. The predicted molar refractivity (Wildman–Crippen MR) is 96.7 cm³/mol. The summed E-state index contributed by atoms with van der Waals surface area (Å²) in [5.41, 5.74) is 0.486. The number of nitrogens with zero attached hydrogens (tertiary/aromatic N) is 2. The molecule has 9 heteroatoms. The highest BCUT2D eigenvalue weighted by Gasteiger charge is 2.35. The normalized spacial score (nSPS) is 18.4. The minimum atomic E-state index is -4.23. The Morgan fingerprint density at radius 2 is 1.89 bits per heavy atom. The number of piperazine rings is 1. The maximum Gasteiger partial charge on any atom is 0.401 e. The predicted octanol–water partition coefficient (Wildman–Crippen LogP) is 2.95. The maximum atomic E-state index is 12.5. The lowest BCUT2D eigenvalue weighted by molar-refractivity contribution is -0.157. The van der Waals surface area contributed by atoms with E-state index in [1.807, 2.05) is 0 Å². The molecule has 2 amide bonds. The average Bonchev–Trinajstić information content (AvgIpc) is 2.59. The number of carbonyl (C=O) groups is 2. The topological polar surface area (TPSA) is 52.7 Å². The molecule has 0 radical (unpaired) electrons. The molecule has 0 spiro atoms. The molecule has 1 N–H and O–H groups in total. The van der Waals surface area contributed by atoms with Gasteiger partial charge in [0.2, 0.25) is 5.91 Å². The van der Waals surface area contributed by atoms with Crippen molar-refractivity contribution < 1.29 is 22.8 Å². The molecule has 1 aliphatic heterocycles. The van der Waals surface area contributed by atoms with Crippen LogP contribution in [0.25, 0.3) is 0 Å². The first-order valence-corrected chi connectivity index (χ1v) is 9.16. The molecule has 1 saturated heterocycles. The summed E-state index contributed by atoms with van der Waals surface area (Å²) in [7, 11) is 0. The second-order valence-electron chi connectivity index (χ2n) is 6.64. The highest BCUT2D eigenvalue weighted by atomic mass is 35.5. The van der Waals surface area contributed by atoms with E-state index in [0.717, 1.165) is 0 Å². The first kappa shape index (κ1) is 21.5. The van der Waals surface area contributed by atoms with Crippen LogP contribution in [0.4, 0.5) is 13.2 Å². The summed E-state index contributed by atoms with van der Waals surface area (Å²) in [6.07, 6.45) is -3.52. The van der Waals surface area contributed by atoms with Gasteiger partial charge in [0.05, 0.1) is 6.54 Å². The monoisotopic (exact) mass is 405 g/mol. The number of carbonyl (C=O) groups excluding carboxylic acids is 2. The van der Waals surface area contributed by atoms with E-state index in [1.165, 1.54) is 4.90 Å². The van der Waals surface area contributed by atoms with Gasteiger partial charge in [-0.25, -0.2) is 0 Å². The minimum absolute atomic E-state index is 0.103. The SMILES string of the molecule is C[C@H]1CN(C(=O)CCCNC(=O)c2ccc(Cl)cc2)CCN1CC(F)(F)F. The molecule has 1 heterocycles. The largest absolute Gasteiger partial charge is 0.401 e. The second-order valence-corrected chi connectivity index (χ2v) is 7.08. The van der Waals surface area contributed by atoms with Crippen LogP contribution in [0.3, 0.4) is 0 Å². The molecule has 2 rings (SSSR count). The van der Waals surface area contributed by atoms with Gasteiger partial charge in [-0.15, -0.1) is 0 Å². The third-order valence-corrected chi connectivity index (χ3v) is 4.71. The summed E-state index contributed by atoms with van der Waals surface area (Å²) in [5.74, 6) is -0.345. The molecule has 1 fully saturated rings. The Labute approximate surface area is 161 Å². The van der Waals surface area contributed by atoms with Crippen LogP contribution >= 0.6 is 11.6 Å². The number of amides is 2. The van der Waals surface area contributed by atoms with Gasteiger partial charge >= 0.3 is 6.18 Å². The highest BCUT2D eigenvalue weighted by Crippen LogP contribution is 2.20. The molecule has 0 aliphatic carbocycles. The van der Waals surface area contributed by atoms with Gasteiger partial charge in [-0.3, -0.25) is 14.5 Å². The minimum Gasteiger partial charge on any atom is -0.352 e.